The molecule has 2 N–H and O–H groups in total. The van der Waals surface area contributed by atoms with Gasteiger partial charge in [-0.2, -0.15) is 0 Å². The summed E-state index contributed by atoms with van der Waals surface area (Å²) in [5.41, 5.74) is 1.07. The number of carbonyl (C=O) groups is 1. The van der Waals surface area contributed by atoms with Gasteiger partial charge in [0.05, 0.1) is 14.2 Å². The maximum Gasteiger partial charge on any atom is 0.223 e. The van der Waals surface area contributed by atoms with Gasteiger partial charge in [0, 0.05) is 25.6 Å². The van der Waals surface area contributed by atoms with Crippen LogP contribution in [0.25, 0.3) is 0 Å². The van der Waals surface area contributed by atoms with Crippen LogP contribution in [0, 0.1) is 11.3 Å². The highest BCUT2D eigenvalue weighted by Crippen LogP contribution is 2.37. The fourth-order valence-corrected chi connectivity index (χ4v) is 4.03. The van der Waals surface area contributed by atoms with Gasteiger partial charge in [-0.3, -0.25) is 9.69 Å². The van der Waals surface area contributed by atoms with Crippen molar-refractivity contribution in [3.05, 3.63) is 17.7 Å². The quantitative estimate of drug-likeness (QED) is 0.655. The maximum absolute atomic E-state index is 12.6. The third-order valence-electron chi connectivity index (χ3n) is 5.39. The molecule has 1 amide bonds. The van der Waals surface area contributed by atoms with E-state index in [0.717, 1.165) is 44.6 Å². The smallest absolute Gasteiger partial charge is 0.223 e. The summed E-state index contributed by atoms with van der Waals surface area (Å²) in [6.07, 6.45) is 1.71. The topological polar surface area (TPSA) is 74.3 Å². The molecule has 0 bridgehead atoms. The first-order valence-corrected chi connectivity index (χ1v) is 10.2. The Morgan fingerprint density at radius 2 is 1.76 bits per heavy atom. The second-order valence-corrected chi connectivity index (χ2v) is 9.02. The van der Waals surface area contributed by atoms with E-state index in [-0.39, 0.29) is 23.0 Å². The van der Waals surface area contributed by atoms with Gasteiger partial charge in [-0.25, -0.2) is 0 Å². The van der Waals surface area contributed by atoms with Gasteiger partial charge in [-0.15, -0.1) is 0 Å². The molecule has 0 unspecified atom stereocenters. The lowest BCUT2D eigenvalue weighted by atomic mass is 9.91. The molecular formula is C22H37N3O4. The number of methoxy groups -OCH3 is 2. The molecule has 2 rings (SSSR count). The van der Waals surface area contributed by atoms with Gasteiger partial charge in [0.25, 0.3) is 0 Å². The van der Waals surface area contributed by atoms with E-state index in [4.69, 9.17) is 9.47 Å². The first-order chi connectivity index (χ1) is 13.6. The molecule has 1 aromatic rings. The van der Waals surface area contributed by atoms with E-state index in [1.54, 1.807) is 0 Å². The predicted molar refractivity (Wildman–Crippen MR) is 115 cm³/mol. The minimum absolute atomic E-state index is 0.0197. The number of phenolic OH excluding ortho intramolecular Hbond substituents is 1. The number of rotatable bonds is 9. The zero-order valence-electron chi connectivity index (χ0n) is 18.7. The van der Waals surface area contributed by atoms with Gasteiger partial charge >= 0.3 is 0 Å². The maximum atomic E-state index is 12.6. The minimum atomic E-state index is 0.0197. The van der Waals surface area contributed by atoms with Crippen LogP contribution in [0.4, 0.5) is 0 Å². The number of likely N-dealkylation sites (tertiary alicyclic amines) is 1. The number of carbonyl (C=O) groups excluding carboxylic acids is 1. The van der Waals surface area contributed by atoms with E-state index in [1.165, 1.54) is 14.2 Å². The molecule has 0 aliphatic carbocycles. The van der Waals surface area contributed by atoms with Gasteiger partial charge in [0.1, 0.15) is 0 Å². The SMILES string of the molecule is COc1cc(CN2CCC(C(=O)NCC(C)(C)CN(C)C)CC2)cc(OC)c1O. The van der Waals surface area contributed by atoms with Gasteiger partial charge in [-0.1, -0.05) is 13.8 Å². The molecule has 0 aromatic heterocycles. The fraction of sp³-hybridized carbons (Fsp3) is 0.682. The first-order valence-electron chi connectivity index (χ1n) is 10.2. The number of nitrogens with zero attached hydrogens (tertiary/aromatic N) is 2. The van der Waals surface area contributed by atoms with Crippen molar-refractivity contribution in [2.24, 2.45) is 11.3 Å². The van der Waals surface area contributed by atoms with Crippen molar-refractivity contribution in [2.75, 3.05) is 54.5 Å². The Morgan fingerprint density at radius 1 is 1.21 bits per heavy atom. The van der Waals surface area contributed by atoms with Crippen molar-refractivity contribution >= 4 is 5.91 Å². The average molecular weight is 408 g/mol. The van der Waals surface area contributed by atoms with Crippen LogP contribution in [0.2, 0.25) is 0 Å². The molecule has 7 nitrogen and oxygen atoms in total. The number of ether oxygens (including phenoxy) is 2. The molecule has 1 aliphatic heterocycles. The standard InChI is InChI=1S/C22H37N3O4/c1-22(2,15-24(3)4)14-23-21(27)17-7-9-25(10-8-17)13-16-11-18(28-5)20(26)19(12-16)29-6/h11-12,17,26H,7-10,13-15H2,1-6H3,(H,23,27). The molecule has 1 aliphatic rings. The molecule has 1 heterocycles. The Morgan fingerprint density at radius 3 is 2.24 bits per heavy atom. The van der Waals surface area contributed by atoms with E-state index in [2.05, 4.69) is 43.1 Å². The number of piperidine rings is 1. The Kier molecular flexibility index (Phi) is 8.16. The van der Waals surface area contributed by atoms with Crippen LogP contribution in [0.3, 0.4) is 0 Å². The lowest BCUT2D eigenvalue weighted by Gasteiger charge is -2.33. The molecule has 0 radical (unpaired) electrons. The number of phenols is 1. The van der Waals surface area contributed by atoms with Crippen molar-refractivity contribution in [1.29, 1.82) is 0 Å². The highest BCUT2D eigenvalue weighted by atomic mass is 16.5. The summed E-state index contributed by atoms with van der Waals surface area (Å²) in [6, 6.07) is 3.67. The van der Waals surface area contributed by atoms with Crippen molar-refractivity contribution in [1.82, 2.24) is 15.1 Å². The zero-order valence-corrected chi connectivity index (χ0v) is 18.7. The van der Waals surface area contributed by atoms with Crippen LogP contribution >= 0.6 is 0 Å². The molecule has 1 saturated heterocycles. The average Bonchev–Trinajstić information content (AvgIpc) is 2.67. The van der Waals surface area contributed by atoms with Gasteiger partial charge in [-0.05, 0) is 63.1 Å². The Balaban J connectivity index is 1.85. The molecule has 164 valence electrons. The van der Waals surface area contributed by atoms with E-state index >= 15 is 0 Å². The second kappa shape index (κ2) is 10.2. The first kappa shape index (κ1) is 23.3. The van der Waals surface area contributed by atoms with Crippen LogP contribution in [-0.4, -0.2) is 75.3 Å². The Bertz CT molecular complexity index is 658. The van der Waals surface area contributed by atoms with Crippen LogP contribution in [-0.2, 0) is 11.3 Å². The molecule has 7 heteroatoms. The number of amides is 1. The Hall–Kier alpha value is -1.99. The minimum Gasteiger partial charge on any atom is -0.502 e. The number of nitrogens with one attached hydrogen (secondary N) is 1. The molecule has 0 atom stereocenters. The monoisotopic (exact) mass is 407 g/mol. The lowest BCUT2D eigenvalue weighted by molar-refractivity contribution is -0.127. The van der Waals surface area contributed by atoms with Crippen molar-refractivity contribution in [2.45, 2.75) is 33.2 Å². The third-order valence-corrected chi connectivity index (χ3v) is 5.39. The highest BCUT2D eigenvalue weighted by Gasteiger charge is 2.27. The molecule has 0 saturated carbocycles. The summed E-state index contributed by atoms with van der Waals surface area (Å²) >= 11 is 0. The molecule has 1 fully saturated rings. The fourth-order valence-electron chi connectivity index (χ4n) is 4.03. The highest BCUT2D eigenvalue weighted by molar-refractivity contribution is 5.78. The van der Waals surface area contributed by atoms with Gasteiger partial charge in [0.2, 0.25) is 11.7 Å². The van der Waals surface area contributed by atoms with Crippen LogP contribution < -0.4 is 14.8 Å². The lowest BCUT2D eigenvalue weighted by Crippen LogP contribution is -2.44. The largest absolute Gasteiger partial charge is 0.502 e. The number of hydrogen-bond donors (Lipinski definition) is 2. The normalized spacial score (nSPS) is 16.1. The molecule has 0 spiro atoms. The van der Waals surface area contributed by atoms with Crippen molar-refractivity contribution < 1.29 is 19.4 Å². The number of hydrogen-bond acceptors (Lipinski definition) is 6. The summed E-state index contributed by atoms with van der Waals surface area (Å²) < 4.78 is 10.5. The van der Waals surface area contributed by atoms with Crippen LogP contribution in [0.5, 0.6) is 17.2 Å². The van der Waals surface area contributed by atoms with E-state index in [0.29, 0.717) is 18.0 Å². The van der Waals surface area contributed by atoms with E-state index in [9.17, 15) is 9.90 Å². The summed E-state index contributed by atoms with van der Waals surface area (Å²) in [6.45, 7) is 8.45. The summed E-state index contributed by atoms with van der Waals surface area (Å²) in [5.74, 6) is 1.09. The summed E-state index contributed by atoms with van der Waals surface area (Å²) in [7, 11) is 7.17. The number of aromatic hydroxyl groups is 1. The summed E-state index contributed by atoms with van der Waals surface area (Å²) in [4.78, 5) is 17.1. The van der Waals surface area contributed by atoms with Crippen LogP contribution in [0.15, 0.2) is 12.1 Å². The predicted octanol–water partition coefficient (Wildman–Crippen LogP) is 2.33. The van der Waals surface area contributed by atoms with Crippen molar-refractivity contribution in [3.8, 4) is 17.2 Å². The zero-order chi connectivity index (χ0) is 21.6. The molecule has 1 aromatic carbocycles. The third kappa shape index (κ3) is 6.78. The Labute approximate surface area is 175 Å². The molecular weight excluding hydrogens is 370 g/mol. The summed E-state index contributed by atoms with van der Waals surface area (Å²) in [5, 5.41) is 13.2. The molecule has 29 heavy (non-hydrogen) atoms. The van der Waals surface area contributed by atoms with E-state index < -0.39 is 0 Å². The second-order valence-electron chi connectivity index (χ2n) is 9.02. The van der Waals surface area contributed by atoms with Crippen LogP contribution in [0.1, 0.15) is 32.3 Å². The van der Waals surface area contributed by atoms with Gasteiger partial charge < -0.3 is 24.8 Å². The van der Waals surface area contributed by atoms with Crippen molar-refractivity contribution in [3.63, 3.8) is 0 Å². The van der Waals surface area contributed by atoms with Gasteiger partial charge in [0.15, 0.2) is 11.5 Å². The number of benzene rings is 1. The van der Waals surface area contributed by atoms with E-state index in [1.807, 2.05) is 12.1 Å².